The third kappa shape index (κ3) is 2.69. The summed E-state index contributed by atoms with van der Waals surface area (Å²) in [6.45, 7) is 2.24. The minimum Gasteiger partial charge on any atom is -0.351 e. The van der Waals surface area contributed by atoms with E-state index in [1.54, 1.807) is 0 Å². The highest BCUT2D eigenvalue weighted by molar-refractivity contribution is 5.90. The van der Waals surface area contributed by atoms with Crippen molar-refractivity contribution in [2.45, 2.75) is 31.8 Å². The molecule has 0 radical (unpaired) electrons. The van der Waals surface area contributed by atoms with Gasteiger partial charge in [-0.3, -0.25) is 9.59 Å². The van der Waals surface area contributed by atoms with Gasteiger partial charge < -0.3 is 16.4 Å². The van der Waals surface area contributed by atoms with Crippen LogP contribution in [0.1, 0.15) is 19.8 Å². The minimum absolute atomic E-state index is 0.0370. The Balaban J connectivity index is 2.35. The zero-order chi connectivity index (χ0) is 9.84. The molecule has 4 N–H and O–H groups in total. The number of amides is 2. The van der Waals surface area contributed by atoms with Gasteiger partial charge in [-0.25, -0.2) is 0 Å². The second-order valence-electron chi connectivity index (χ2n) is 3.30. The molecule has 13 heavy (non-hydrogen) atoms. The number of hydrogen-bond acceptors (Lipinski definition) is 3. The van der Waals surface area contributed by atoms with Crippen molar-refractivity contribution in [3.8, 4) is 0 Å². The van der Waals surface area contributed by atoms with E-state index in [4.69, 9.17) is 5.73 Å². The smallest absolute Gasteiger partial charge is 0.242 e. The standard InChI is InChI=1S/C8H15N3O2/c1-5(4-9)10-8(13)6-2-3-7(12)11-6/h5-6H,2-4,9H2,1H3,(H,10,13)(H,11,12)/t5-,6-/m1/s1. The van der Waals surface area contributed by atoms with Crippen LogP contribution in [0.3, 0.4) is 0 Å². The zero-order valence-corrected chi connectivity index (χ0v) is 7.67. The molecular weight excluding hydrogens is 170 g/mol. The Bertz CT molecular complexity index is 217. The van der Waals surface area contributed by atoms with Gasteiger partial charge in [0.2, 0.25) is 11.8 Å². The quantitative estimate of drug-likeness (QED) is 0.512. The van der Waals surface area contributed by atoms with E-state index in [-0.39, 0.29) is 23.9 Å². The van der Waals surface area contributed by atoms with Crippen LogP contribution in [0.15, 0.2) is 0 Å². The molecule has 0 bridgehead atoms. The first kappa shape index (κ1) is 9.98. The predicted octanol–water partition coefficient (Wildman–Crippen LogP) is -1.27. The Morgan fingerprint density at radius 1 is 1.85 bits per heavy atom. The molecule has 2 atom stereocenters. The van der Waals surface area contributed by atoms with Crippen molar-refractivity contribution in [1.29, 1.82) is 0 Å². The van der Waals surface area contributed by atoms with Gasteiger partial charge in [0.05, 0.1) is 0 Å². The van der Waals surface area contributed by atoms with Crippen LogP contribution >= 0.6 is 0 Å². The van der Waals surface area contributed by atoms with Crippen LogP contribution in [-0.4, -0.2) is 30.4 Å². The van der Waals surface area contributed by atoms with Gasteiger partial charge >= 0.3 is 0 Å². The fourth-order valence-electron chi connectivity index (χ4n) is 1.21. The molecule has 0 aromatic carbocycles. The number of nitrogens with two attached hydrogens (primary N) is 1. The Hall–Kier alpha value is -1.10. The molecule has 2 amide bonds. The van der Waals surface area contributed by atoms with Crippen LogP contribution < -0.4 is 16.4 Å². The Morgan fingerprint density at radius 3 is 3.00 bits per heavy atom. The van der Waals surface area contributed by atoms with Gasteiger partial charge in [0.1, 0.15) is 6.04 Å². The summed E-state index contributed by atoms with van der Waals surface area (Å²) in [5.74, 6) is -0.190. The van der Waals surface area contributed by atoms with Crippen molar-refractivity contribution < 1.29 is 9.59 Å². The van der Waals surface area contributed by atoms with Crippen LogP contribution in [0.5, 0.6) is 0 Å². The number of carbonyl (C=O) groups excluding carboxylic acids is 2. The molecule has 74 valence electrons. The van der Waals surface area contributed by atoms with E-state index in [0.29, 0.717) is 19.4 Å². The van der Waals surface area contributed by atoms with Crippen molar-refractivity contribution in [2.24, 2.45) is 5.73 Å². The Labute approximate surface area is 77.1 Å². The monoisotopic (exact) mass is 185 g/mol. The Morgan fingerprint density at radius 2 is 2.54 bits per heavy atom. The van der Waals surface area contributed by atoms with E-state index in [1.165, 1.54) is 0 Å². The molecule has 1 fully saturated rings. The summed E-state index contributed by atoms with van der Waals surface area (Å²) in [5.41, 5.74) is 5.34. The van der Waals surface area contributed by atoms with Gasteiger partial charge in [-0.1, -0.05) is 0 Å². The fraction of sp³-hybridized carbons (Fsp3) is 0.750. The molecular formula is C8H15N3O2. The van der Waals surface area contributed by atoms with Crippen LogP contribution in [0, 0.1) is 0 Å². The van der Waals surface area contributed by atoms with Crippen LogP contribution in [-0.2, 0) is 9.59 Å². The van der Waals surface area contributed by atoms with Gasteiger partial charge in [-0.15, -0.1) is 0 Å². The maximum absolute atomic E-state index is 11.4. The van der Waals surface area contributed by atoms with Crippen molar-refractivity contribution in [2.75, 3.05) is 6.54 Å². The van der Waals surface area contributed by atoms with E-state index in [1.807, 2.05) is 6.92 Å². The summed E-state index contributed by atoms with van der Waals surface area (Å²) >= 11 is 0. The average molecular weight is 185 g/mol. The van der Waals surface area contributed by atoms with E-state index < -0.39 is 0 Å². The topological polar surface area (TPSA) is 84.2 Å². The summed E-state index contributed by atoms with van der Waals surface area (Å²) in [4.78, 5) is 22.2. The number of rotatable bonds is 3. The second-order valence-corrected chi connectivity index (χ2v) is 3.30. The van der Waals surface area contributed by atoms with Crippen LogP contribution in [0.25, 0.3) is 0 Å². The number of hydrogen-bond donors (Lipinski definition) is 3. The largest absolute Gasteiger partial charge is 0.351 e. The molecule has 0 unspecified atom stereocenters. The van der Waals surface area contributed by atoms with Gasteiger partial charge in [-0.05, 0) is 13.3 Å². The molecule has 0 saturated carbocycles. The van der Waals surface area contributed by atoms with E-state index in [9.17, 15) is 9.59 Å². The van der Waals surface area contributed by atoms with E-state index in [2.05, 4.69) is 10.6 Å². The van der Waals surface area contributed by atoms with Crippen molar-refractivity contribution in [1.82, 2.24) is 10.6 Å². The average Bonchev–Trinajstić information content (AvgIpc) is 2.51. The first-order valence-corrected chi connectivity index (χ1v) is 4.43. The van der Waals surface area contributed by atoms with Gasteiger partial charge in [0, 0.05) is 19.0 Å². The number of nitrogens with one attached hydrogen (secondary N) is 2. The fourth-order valence-corrected chi connectivity index (χ4v) is 1.21. The summed E-state index contributed by atoms with van der Waals surface area (Å²) in [5, 5.41) is 5.30. The molecule has 1 aliphatic heterocycles. The highest BCUT2D eigenvalue weighted by atomic mass is 16.2. The molecule has 0 aromatic rings. The molecule has 1 rings (SSSR count). The first-order chi connectivity index (χ1) is 6.13. The molecule has 1 heterocycles. The molecule has 0 spiro atoms. The lowest BCUT2D eigenvalue weighted by atomic mass is 10.2. The lowest BCUT2D eigenvalue weighted by Gasteiger charge is -2.15. The summed E-state index contributed by atoms with van der Waals surface area (Å²) in [7, 11) is 0. The predicted molar refractivity (Wildman–Crippen MR) is 47.8 cm³/mol. The number of carbonyl (C=O) groups is 2. The third-order valence-electron chi connectivity index (χ3n) is 2.05. The molecule has 0 aliphatic carbocycles. The molecule has 5 heteroatoms. The van der Waals surface area contributed by atoms with Gasteiger partial charge in [0.15, 0.2) is 0 Å². The van der Waals surface area contributed by atoms with Crippen LogP contribution in [0.2, 0.25) is 0 Å². The lowest BCUT2D eigenvalue weighted by molar-refractivity contribution is -0.126. The minimum atomic E-state index is -0.360. The molecule has 5 nitrogen and oxygen atoms in total. The van der Waals surface area contributed by atoms with E-state index >= 15 is 0 Å². The lowest BCUT2D eigenvalue weighted by Crippen LogP contribution is -2.47. The highest BCUT2D eigenvalue weighted by Crippen LogP contribution is 2.06. The van der Waals surface area contributed by atoms with Gasteiger partial charge in [0.25, 0.3) is 0 Å². The summed E-state index contributed by atoms with van der Waals surface area (Å²) in [6.07, 6.45) is 1.02. The van der Waals surface area contributed by atoms with Crippen molar-refractivity contribution in [3.05, 3.63) is 0 Å². The summed E-state index contributed by atoms with van der Waals surface area (Å²) in [6, 6.07) is -0.397. The zero-order valence-electron chi connectivity index (χ0n) is 7.67. The SMILES string of the molecule is C[C@H](CN)NC(=O)[C@H]1CCC(=O)N1. The molecule has 1 saturated heterocycles. The second kappa shape index (κ2) is 4.23. The summed E-state index contributed by atoms with van der Waals surface area (Å²) < 4.78 is 0. The first-order valence-electron chi connectivity index (χ1n) is 4.43. The highest BCUT2D eigenvalue weighted by Gasteiger charge is 2.27. The van der Waals surface area contributed by atoms with Crippen molar-refractivity contribution in [3.63, 3.8) is 0 Å². The molecule has 1 aliphatic rings. The van der Waals surface area contributed by atoms with Crippen LogP contribution in [0.4, 0.5) is 0 Å². The van der Waals surface area contributed by atoms with Crippen molar-refractivity contribution >= 4 is 11.8 Å². The maximum Gasteiger partial charge on any atom is 0.242 e. The van der Waals surface area contributed by atoms with E-state index in [0.717, 1.165) is 0 Å². The normalized spacial score (nSPS) is 23.8. The maximum atomic E-state index is 11.4. The van der Waals surface area contributed by atoms with Gasteiger partial charge in [-0.2, -0.15) is 0 Å². The Kier molecular flexibility index (Phi) is 3.25. The molecule has 0 aromatic heterocycles. The third-order valence-corrected chi connectivity index (χ3v) is 2.05.